The molecule has 1 aromatic heterocycles. The molecule has 1 amide bonds. The maximum atomic E-state index is 13.7. The molecule has 6 nitrogen and oxygen atoms in total. The van der Waals surface area contributed by atoms with Crippen molar-refractivity contribution >= 4 is 23.8 Å². The monoisotopic (exact) mass is 505 g/mol. The van der Waals surface area contributed by atoms with E-state index in [4.69, 9.17) is 9.84 Å². The van der Waals surface area contributed by atoms with Gasteiger partial charge in [0.15, 0.2) is 5.82 Å². The molecule has 0 atom stereocenters. The Morgan fingerprint density at radius 2 is 1.73 bits per heavy atom. The van der Waals surface area contributed by atoms with Crippen molar-refractivity contribution in [1.82, 2.24) is 9.78 Å². The summed E-state index contributed by atoms with van der Waals surface area (Å²) < 4.78 is 7.05. The number of esters is 1. The average Bonchev–Trinajstić information content (AvgIpc) is 3.33. The molecule has 2 aliphatic rings. The number of hydrogen-bond acceptors (Lipinski definition) is 4. The number of rotatable bonds is 8. The van der Waals surface area contributed by atoms with Gasteiger partial charge in [-0.1, -0.05) is 50.5 Å². The Balaban J connectivity index is 1.60. The van der Waals surface area contributed by atoms with Crippen LogP contribution in [0.2, 0.25) is 0 Å². The second-order valence-corrected chi connectivity index (χ2v) is 11.1. The van der Waals surface area contributed by atoms with Crippen LogP contribution in [0.15, 0.2) is 36.5 Å². The van der Waals surface area contributed by atoms with E-state index in [9.17, 15) is 9.59 Å². The number of amides is 1. The predicted molar refractivity (Wildman–Crippen MR) is 149 cm³/mol. The van der Waals surface area contributed by atoms with Gasteiger partial charge in [-0.2, -0.15) is 0 Å². The van der Waals surface area contributed by atoms with E-state index in [0.717, 1.165) is 36.9 Å². The predicted octanol–water partition coefficient (Wildman–Crippen LogP) is 7.21. The molecule has 2 aromatic rings. The zero-order valence-electron chi connectivity index (χ0n) is 23.0. The lowest BCUT2D eigenvalue weighted by Gasteiger charge is -2.32. The summed E-state index contributed by atoms with van der Waals surface area (Å²) in [6, 6.07) is 8.05. The highest BCUT2D eigenvalue weighted by atomic mass is 16.5. The van der Waals surface area contributed by atoms with Crippen LogP contribution in [-0.2, 0) is 9.53 Å². The lowest BCUT2D eigenvalue weighted by molar-refractivity contribution is -0.124. The topological polar surface area (TPSA) is 64.4 Å². The van der Waals surface area contributed by atoms with Crippen LogP contribution in [0, 0.1) is 17.8 Å². The Morgan fingerprint density at radius 1 is 1.05 bits per heavy atom. The summed E-state index contributed by atoms with van der Waals surface area (Å²) in [6.07, 6.45) is 16.7. The second-order valence-electron chi connectivity index (χ2n) is 11.1. The third kappa shape index (κ3) is 6.71. The van der Waals surface area contributed by atoms with Gasteiger partial charge in [0.1, 0.15) is 5.56 Å². The first kappa shape index (κ1) is 27.2. The Hall–Kier alpha value is -2.89. The Morgan fingerprint density at radius 3 is 2.35 bits per heavy atom. The Kier molecular flexibility index (Phi) is 9.23. The molecule has 2 fully saturated rings. The molecule has 0 N–H and O–H groups in total. The van der Waals surface area contributed by atoms with Gasteiger partial charge in [0.05, 0.1) is 12.3 Å². The molecule has 0 radical (unpaired) electrons. The normalized spacial score (nSPS) is 20.9. The van der Waals surface area contributed by atoms with Gasteiger partial charge in [-0.25, -0.2) is 9.48 Å². The zero-order valence-corrected chi connectivity index (χ0v) is 23.0. The molecule has 0 aliphatic heterocycles. The van der Waals surface area contributed by atoms with E-state index in [1.165, 1.54) is 32.1 Å². The van der Waals surface area contributed by atoms with Crippen molar-refractivity contribution in [3.8, 4) is 5.69 Å². The van der Waals surface area contributed by atoms with E-state index < -0.39 is 5.97 Å². The van der Waals surface area contributed by atoms with E-state index in [1.54, 1.807) is 22.7 Å². The van der Waals surface area contributed by atoms with Gasteiger partial charge in [0.25, 0.3) is 0 Å². The molecule has 0 bridgehead atoms. The third-order valence-corrected chi connectivity index (χ3v) is 7.91. The summed E-state index contributed by atoms with van der Waals surface area (Å²) in [4.78, 5) is 28.3. The van der Waals surface area contributed by atoms with Crippen LogP contribution in [0.25, 0.3) is 11.8 Å². The second kappa shape index (κ2) is 12.6. The minimum atomic E-state index is -0.452. The molecule has 1 aromatic carbocycles. The SMILES string of the molecule is CCOC(=O)c1cn(-c2ccc(C=CC3CCCCC3)cc2)nc1N(C(=O)C1CCC(C)CC1)C(C)C. The quantitative estimate of drug-likeness (QED) is 0.356. The van der Waals surface area contributed by atoms with E-state index >= 15 is 0 Å². The number of carbonyl (C=O) groups is 2. The van der Waals surface area contributed by atoms with Crippen LogP contribution in [0.1, 0.15) is 101 Å². The lowest BCUT2D eigenvalue weighted by atomic mass is 9.82. The molecular weight excluding hydrogens is 462 g/mol. The number of hydrogen-bond donors (Lipinski definition) is 0. The van der Waals surface area contributed by atoms with Gasteiger partial charge >= 0.3 is 5.97 Å². The number of anilines is 1. The highest BCUT2D eigenvalue weighted by Gasteiger charge is 2.34. The van der Waals surface area contributed by atoms with Crippen LogP contribution in [0.3, 0.4) is 0 Å². The van der Waals surface area contributed by atoms with Crippen LogP contribution in [-0.4, -0.2) is 34.3 Å². The van der Waals surface area contributed by atoms with Crippen molar-refractivity contribution in [1.29, 1.82) is 0 Å². The molecule has 2 saturated carbocycles. The molecule has 200 valence electrons. The van der Waals surface area contributed by atoms with Crippen molar-refractivity contribution in [3.63, 3.8) is 0 Å². The van der Waals surface area contributed by atoms with Crippen molar-refractivity contribution in [2.24, 2.45) is 17.8 Å². The van der Waals surface area contributed by atoms with Gasteiger partial charge in [0.2, 0.25) is 5.91 Å². The van der Waals surface area contributed by atoms with Gasteiger partial charge in [-0.3, -0.25) is 9.69 Å². The zero-order chi connectivity index (χ0) is 26.4. The average molecular weight is 506 g/mol. The van der Waals surface area contributed by atoms with Crippen LogP contribution >= 0.6 is 0 Å². The van der Waals surface area contributed by atoms with Crippen LogP contribution in [0.4, 0.5) is 5.82 Å². The number of nitrogens with zero attached hydrogens (tertiary/aromatic N) is 3. The van der Waals surface area contributed by atoms with Crippen LogP contribution in [0.5, 0.6) is 0 Å². The summed E-state index contributed by atoms with van der Waals surface area (Å²) in [5.74, 6) is 1.30. The molecule has 0 spiro atoms. The standard InChI is InChI=1S/C31H43N3O3/c1-5-37-31(36)28-21-33(27-19-15-25(16-20-27)14-13-24-9-7-6-8-10-24)32-29(28)34(22(2)3)30(35)26-17-11-23(4)12-18-26/h13-16,19-24,26H,5-12,17-18H2,1-4H3. The van der Waals surface area contributed by atoms with E-state index in [0.29, 0.717) is 23.2 Å². The maximum Gasteiger partial charge on any atom is 0.343 e. The van der Waals surface area contributed by atoms with E-state index in [2.05, 4.69) is 31.2 Å². The molecular formula is C31H43N3O3. The number of ether oxygens (including phenoxy) is 1. The third-order valence-electron chi connectivity index (χ3n) is 7.91. The number of aromatic nitrogens is 2. The van der Waals surface area contributed by atoms with Gasteiger partial charge < -0.3 is 4.74 Å². The first-order chi connectivity index (χ1) is 17.9. The summed E-state index contributed by atoms with van der Waals surface area (Å²) >= 11 is 0. The number of allylic oxidation sites excluding steroid dienone is 1. The smallest absolute Gasteiger partial charge is 0.343 e. The summed E-state index contributed by atoms with van der Waals surface area (Å²) in [7, 11) is 0. The minimum Gasteiger partial charge on any atom is -0.462 e. The highest BCUT2D eigenvalue weighted by Crippen LogP contribution is 2.33. The Bertz CT molecular complexity index is 1070. The fourth-order valence-corrected chi connectivity index (χ4v) is 5.65. The van der Waals surface area contributed by atoms with E-state index in [1.807, 2.05) is 26.0 Å². The molecule has 0 unspecified atom stereocenters. The molecule has 1 heterocycles. The number of benzene rings is 1. The first-order valence-corrected chi connectivity index (χ1v) is 14.3. The van der Waals surface area contributed by atoms with Gasteiger partial charge in [0, 0.05) is 18.2 Å². The van der Waals surface area contributed by atoms with E-state index in [-0.39, 0.29) is 24.5 Å². The first-order valence-electron chi connectivity index (χ1n) is 14.3. The maximum absolute atomic E-state index is 13.7. The van der Waals surface area contributed by atoms with Crippen LogP contribution < -0.4 is 4.90 Å². The summed E-state index contributed by atoms with van der Waals surface area (Å²) in [5.41, 5.74) is 2.32. The Labute approximate surface area is 222 Å². The highest BCUT2D eigenvalue weighted by molar-refractivity contribution is 6.02. The van der Waals surface area contributed by atoms with Crippen molar-refractivity contribution < 1.29 is 14.3 Å². The summed E-state index contributed by atoms with van der Waals surface area (Å²) in [6.45, 7) is 8.26. The largest absolute Gasteiger partial charge is 0.462 e. The fraction of sp³-hybridized carbons (Fsp3) is 0.581. The molecule has 37 heavy (non-hydrogen) atoms. The lowest BCUT2D eigenvalue weighted by Crippen LogP contribution is -2.43. The van der Waals surface area contributed by atoms with Crippen molar-refractivity contribution in [2.75, 3.05) is 11.5 Å². The minimum absolute atomic E-state index is 0.0333. The molecule has 0 saturated heterocycles. The van der Waals surface area contributed by atoms with Gasteiger partial charge in [-0.15, -0.1) is 5.10 Å². The molecule has 6 heteroatoms. The molecule has 2 aliphatic carbocycles. The number of carbonyl (C=O) groups excluding carboxylic acids is 2. The summed E-state index contributed by atoms with van der Waals surface area (Å²) in [5, 5.41) is 4.79. The van der Waals surface area contributed by atoms with Gasteiger partial charge in [-0.05, 0) is 88.8 Å². The van der Waals surface area contributed by atoms with Crippen molar-refractivity contribution in [2.45, 2.75) is 91.5 Å². The molecule has 4 rings (SSSR count). The van der Waals surface area contributed by atoms with Crippen molar-refractivity contribution in [3.05, 3.63) is 47.7 Å². The fourth-order valence-electron chi connectivity index (χ4n) is 5.65.